The van der Waals surface area contributed by atoms with Gasteiger partial charge in [-0.05, 0) is 44.4 Å². The van der Waals surface area contributed by atoms with E-state index in [2.05, 4.69) is 15.8 Å². The van der Waals surface area contributed by atoms with Crippen LogP contribution < -0.4 is 10.6 Å². The Bertz CT molecular complexity index is 540. The molecule has 0 saturated carbocycles. The molecule has 0 radical (unpaired) electrons. The zero-order valence-corrected chi connectivity index (χ0v) is 13.8. The molecule has 1 atom stereocenters. The first kappa shape index (κ1) is 17.4. The predicted octanol–water partition coefficient (Wildman–Crippen LogP) is 2.07. The van der Waals surface area contributed by atoms with Gasteiger partial charge in [-0.15, -0.1) is 0 Å². The highest BCUT2D eigenvalue weighted by molar-refractivity contribution is 6.00. The van der Waals surface area contributed by atoms with E-state index in [1.807, 2.05) is 32.0 Å². The predicted molar refractivity (Wildman–Crippen MR) is 90.9 cm³/mol. The minimum atomic E-state index is 0.343. The summed E-state index contributed by atoms with van der Waals surface area (Å²) in [6.45, 7) is 6.89. The molecule has 1 saturated heterocycles. The third kappa shape index (κ3) is 5.65. The SMILES string of the molecule is C/C(=N\OCCNCC1CCCO1)c1cc(NC=O)ccc1C. The number of rotatable bonds is 9. The van der Waals surface area contributed by atoms with E-state index in [1.54, 1.807) is 0 Å². The molecular formula is C17H25N3O3. The fraction of sp³-hybridized carbons (Fsp3) is 0.529. The molecule has 6 heteroatoms. The second-order valence-corrected chi connectivity index (χ2v) is 5.64. The van der Waals surface area contributed by atoms with Gasteiger partial charge in [0, 0.05) is 30.9 Å². The molecule has 0 spiro atoms. The van der Waals surface area contributed by atoms with Crippen molar-refractivity contribution in [2.75, 3.05) is 31.6 Å². The van der Waals surface area contributed by atoms with Crippen LogP contribution in [0, 0.1) is 6.92 Å². The van der Waals surface area contributed by atoms with Crippen LogP contribution in [-0.4, -0.2) is 44.5 Å². The summed E-state index contributed by atoms with van der Waals surface area (Å²) in [4.78, 5) is 15.9. The van der Waals surface area contributed by atoms with E-state index < -0.39 is 0 Å². The molecule has 1 aromatic carbocycles. The van der Waals surface area contributed by atoms with Crippen molar-refractivity contribution in [1.82, 2.24) is 5.32 Å². The van der Waals surface area contributed by atoms with E-state index in [9.17, 15) is 4.79 Å². The van der Waals surface area contributed by atoms with E-state index in [4.69, 9.17) is 9.57 Å². The average Bonchev–Trinajstić information content (AvgIpc) is 3.06. The Morgan fingerprint density at radius 1 is 1.52 bits per heavy atom. The molecule has 126 valence electrons. The monoisotopic (exact) mass is 319 g/mol. The maximum absolute atomic E-state index is 10.5. The van der Waals surface area contributed by atoms with Crippen LogP contribution in [0.1, 0.15) is 30.9 Å². The van der Waals surface area contributed by atoms with Gasteiger partial charge in [0.25, 0.3) is 0 Å². The zero-order valence-electron chi connectivity index (χ0n) is 13.8. The maximum Gasteiger partial charge on any atom is 0.211 e. The number of hydrogen-bond acceptors (Lipinski definition) is 5. The molecule has 1 fully saturated rings. The molecule has 0 aromatic heterocycles. The van der Waals surface area contributed by atoms with Crippen LogP contribution >= 0.6 is 0 Å². The van der Waals surface area contributed by atoms with E-state index in [0.29, 0.717) is 19.1 Å². The molecule has 23 heavy (non-hydrogen) atoms. The zero-order chi connectivity index (χ0) is 16.5. The van der Waals surface area contributed by atoms with Crippen molar-refractivity contribution >= 4 is 17.8 Å². The molecule has 1 unspecified atom stereocenters. The van der Waals surface area contributed by atoms with Gasteiger partial charge in [0.2, 0.25) is 6.41 Å². The van der Waals surface area contributed by atoms with Gasteiger partial charge in [-0.1, -0.05) is 11.2 Å². The first-order valence-electron chi connectivity index (χ1n) is 8.01. The number of nitrogens with one attached hydrogen (secondary N) is 2. The van der Waals surface area contributed by atoms with E-state index in [1.165, 1.54) is 0 Å². The van der Waals surface area contributed by atoms with Crippen molar-refractivity contribution in [1.29, 1.82) is 0 Å². The number of nitrogens with zero attached hydrogens (tertiary/aromatic N) is 1. The van der Waals surface area contributed by atoms with Gasteiger partial charge < -0.3 is 20.2 Å². The van der Waals surface area contributed by atoms with Crippen LogP contribution in [-0.2, 0) is 14.4 Å². The Kier molecular flexibility index (Phi) is 7.03. The molecule has 1 aromatic rings. The molecular weight excluding hydrogens is 294 g/mol. The highest BCUT2D eigenvalue weighted by Gasteiger charge is 2.14. The van der Waals surface area contributed by atoms with Crippen LogP contribution in [0.3, 0.4) is 0 Å². The van der Waals surface area contributed by atoms with Gasteiger partial charge in [0.1, 0.15) is 6.61 Å². The van der Waals surface area contributed by atoms with Gasteiger partial charge in [0.05, 0.1) is 11.8 Å². The fourth-order valence-electron chi connectivity index (χ4n) is 2.55. The summed E-state index contributed by atoms with van der Waals surface area (Å²) in [6, 6.07) is 5.70. The second-order valence-electron chi connectivity index (χ2n) is 5.64. The largest absolute Gasteiger partial charge is 0.394 e. The quantitative estimate of drug-likeness (QED) is 0.316. The Morgan fingerprint density at radius 2 is 2.39 bits per heavy atom. The van der Waals surface area contributed by atoms with Gasteiger partial charge in [-0.25, -0.2) is 0 Å². The highest BCUT2D eigenvalue weighted by Crippen LogP contribution is 2.16. The minimum absolute atomic E-state index is 0.343. The van der Waals surface area contributed by atoms with Gasteiger partial charge in [-0.2, -0.15) is 0 Å². The van der Waals surface area contributed by atoms with E-state index >= 15 is 0 Å². The van der Waals surface area contributed by atoms with Crippen LogP contribution in [0.5, 0.6) is 0 Å². The Morgan fingerprint density at radius 3 is 3.13 bits per heavy atom. The first-order valence-corrected chi connectivity index (χ1v) is 8.01. The Hall–Kier alpha value is -1.92. The van der Waals surface area contributed by atoms with Crippen molar-refractivity contribution in [3.8, 4) is 0 Å². The lowest BCUT2D eigenvalue weighted by molar-refractivity contribution is -0.105. The number of ether oxygens (including phenoxy) is 1. The van der Waals surface area contributed by atoms with Gasteiger partial charge >= 0.3 is 0 Å². The van der Waals surface area contributed by atoms with E-state index in [-0.39, 0.29) is 0 Å². The molecule has 1 aliphatic heterocycles. The van der Waals surface area contributed by atoms with Crippen LogP contribution in [0.4, 0.5) is 5.69 Å². The summed E-state index contributed by atoms with van der Waals surface area (Å²) in [7, 11) is 0. The van der Waals surface area contributed by atoms with Crippen molar-refractivity contribution in [2.24, 2.45) is 5.16 Å². The van der Waals surface area contributed by atoms with Crippen molar-refractivity contribution in [2.45, 2.75) is 32.8 Å². The number of carbonyl (C=O) groups is 1. The summed E-state index contributed by atoms with van der Waals surface area (Å²) in [5.74, 6) is 0. The lowest BCUT2D eigenvalue weighted by atomic mass is 10.0. The molecule has 2 rings (SSSR count). The van der Waals surface area contributed by atoms with Crippen molar-refractivity contribution in [3.63, 3.8) is 0 Å². The number of carbonyl (C=O) groups excluding carboxylic acids is 1. The molecule has 6 nitrogen and oxygen atoms in total. The second kappa shape index (κ2) is 9.27. The number of amides is 1. The van der Waals surface area contributed by atoms with Crippen LogP contribution in [0.15, 0.2) is 23.4 Å². The van der Waals surface area contributed by atoms with Gasteiger partial charge in [0.15, 0.2) is 0 Å². The number of oxime groups is 1. The van der Waals surface area contributed by atoms with Crippen molar-refractivity contribution in [3.05, 3.63) is 29.3 Å². The van der Waals surface area contributed by atoms with Crippen LogP contribution in [0.25, 0.3) is 0 Å². The molecule has 2 N–H and O–H groups in total. The van der Waals surface area contributed by atoms with Gasteiger partial charge in [-0.3, -0.25) is 4.79 Å². The summed E-state index contributed by atoms with van der Waals surface area (Å²) >= 11 is 0. The standard InChI is InChI=1S/C17H25N3O3/c1-13-5-6-15(19-12-21)10-17(13)14(2)20-23-9-7-18-11-16-4-3-8-22-16/h5-6,10,12,16,18H,3-4,7-9,11H2,1-2H3,(H,19,21)/b20-14+. The first-order chi connectivity index (χ1) is 11.2. The average molecular weight is 319 g/mol. The third-order valence-electron chi connectivity index (χ3n) is 3.82. The number of benzene rings is 1. The maximum atomic E-state index is 10.5. The number of hydrogen-bond donors (Lipinski definition) is 2. The molecule has 0 aliphatic carbocycles. The lowest BCUT2D eigenvalue weighted by Crippen LogP contribution is -2.28. The minimum Gasteiger partial charge on any atom is -0.394 e. The third-order valence-corrected chi connectivity index (χ3v) is 3.82. The number of anilines is 1. The number of aryl methyl sites for hydroxylation is 1. The fourth-order valence-corrected chi connectivity index (χ4v) is 2.55. The Balaban J connectivity index is 1.75. The topological polar surface area (TPSA) is 71.9 Å². The highest BCUT2D eigenvalue weighted by atomic mass is 16.6. The lowest BCUT2D eigenvalue weighted by Gasteiger charge is -2.10. The molecule has 1 amide bonds. The normalized spacial score (nSPS) is 18.0. The molecule has 1 aliphatic rings. The molecule has 0 bridgehead atoms. The smallest absolute Gasteiger partial charge is 0.211 e. The van der Waals surface area contributed by atoms with Crippen LogP contribution in [0.2, 0.25) is 0 Å². The molecule has 1 heterocycles. The summed E-state index contributed by atoms with van der Waals surface area (Å²) in [6.07, 6.45) is 3.30. The summed E-state index contributed by atoms with van der Waals surface area (Å²) in [5, 5.41) is 10.1. The summed E-state index contributed by atoms with van der Waals surface area (Å²) < 4.78 is 5.54. The van der Waals surface area contributed by atoms with E-state index in [0.717, 1.165) is 55.1 Å². The Labute approximate surface area is 137 Å². The summed E-state index contributed by atoms with van der Waals surface area (Å²) in [5.41, 5.74) is 3.58. The van der Waals surface area contributed by atoms with Crippen molar-refractivity contribution < 1.29 is 14.4 Å².